The zero-order valence-electron chi connectivity index (χ0n) is 18.4. The largest absolute Gasteiger partial charge is 0.352 e. The molecule has 2 aromatic rings. The van der Waals surface area contributed by atoms with Crippen molar-refractivity contribution in [3.05, 3.63) is 70.8 Å². The molecule has 0 saturated carbocycles. The highest BCUT2D eigenvalue weighted by atomic mass is 16.2. The molecule has 2 aromatic carbocycles. The SMILES string of the molecule is CCC(C)NC(=O)C(CC)N(Cc1ccc(C)cc1)C(=O)Cc1ccc(C)cc1. The van der Waals surface area contributed by atoms with Crippen molar-refractivity contribution < 1.29 is 9.59 Å². The van der Waals surface area contributed by atoms with Crippen LogP contribution >= 0.6 is 0 Å². The highest BCUT2D eigenvalue weighted by molar-refractivity contribution is 5.88. The first kappa shape index (κ1) is 22.7. The summed E-state index contributed by atoms with van der Waals surface area (Å²) in [4.78, 5) is 27.9. The number of amides is 2. The van der Waals surface area contributed by atoms with Gasteiger partial charge in [0.05, 0.1) is 6.42 Å². The molecule has 2 unspecified atom stereocenters. The van der Waals surface area contributed by atoms with Gasteiger partial charge < -0.3 is 10.2 Å². The van der Waals surface area contributed by atoms with Crippen molar-refractivity contribution in [3.8, 4) is 0 Å². The van der Waals surface area contributed by atoms with Gasteiger partial charge in [0.15, 0.2) is 0 Å². The Balaban J connectivity index is 2.26. The summed E-state index contributed by atoms with van der Waals surface area (Å²) in [6.07, 6.45) is 1.73. The Morgan fingerprint density at radius 2 is 1.38 bits per heavy atom. The van der Waals surface area contributed by atoms with Crippen LogP contribution in [0, 0.1) is 13.8 Å². The molecule has 0 radical (unpaired) electrons. The van der Waals surface area contributed by atoms with Gasteiger partial charge in [-0.2, -0.15) is 0 Å². The summed E-state index contributed by atoms with van der Waals surface area (Å²) >= 11 is 0. The molecule has 2 atom stereocenters. The van der Waals surface area contributed by atoms with Crippen LogP contribution in [0.5, 0.6) is 0 Å². The topological polar surface area (TPSA) is 49.4 Å². The van der Waals surface area contributed by atoms with E-state index < -0.39 is 6.04 Å². The Kier molecular flexibility index (Phi) is 8.44. The third-order valence-electron chi connectivity index (χ3n) is 5.34. The summed E-state index contributed by atoms with van der Waals surface area (Å²) in [5.41, 5.74) is 4.33. The normalized spacial score (nSPS) is 12.9. The predicted molar refractivity (Wildman–Crippen MR) is 119 cm³/mol. The van der Waals surface area contributed by atoms with Crippen LogP contribution in [0.25, 0.3) is 0 Å². The van der Waals surface area contributed by atoms with Crippen LogP contribution in [0.2, 0.25) is 0 Å². The molecular formula is C25H34N2O2. The summed E-state index contributed by atoms with van der Waals surface area (Å²) in [6, 6.07) is 15.7. The lowest BCUT2D eigenvalue weighted by atomic mass is 10.0. The molecule has 1 N–H and O–H groups in total. The number of hydrogen-bond acceptors (Lipinski definition) is 2. The molecule has 0 aliphatic rings. The molecule has 0 aliphatic carbocycles. The van der Waals surface area contributed by atoms with Crippen LogP contribution in [0.3, 0.4) is 0 Å². The van der Waals surface area contributed by atoms with Crippen molar-refractivity contribution in [1.29, 1.82) is 0 Å². The van der Waals surface area contributed by atoms with Crippen LogP contribution in [0.15, 0.2) is 48.5 Å². The number of nitrogens with zero attached hydrogens (tertiary/aromatic N) is 1. The van der Waals surface area contributed by atoms with Gasteiger partial charge >= 0.3 is 0 Å². The Bertz CT molecular complexity index is 797. The summed E-state index contributed by atoms with van der Waals surface area (Å²) in [6.45, 7) is 10.5. The predicted octanol–water partition coefficient (Wildman–Crippen LogP) is 4.57. The van der Waals surface area contributed by atoms with Gasteiger partial charge in [-0.05, 0) is 44.7 Å². The number of hydrogen-bond donors (Lipinski definition) is 1. The molecule has 4 nitrogen and oxygen atoms in total. The summed E-state index contributed by atoms with van der Waals surface area (Å²) < 4.78 is 0. The zero-order valence-corrected chi connectivity index (χ0v) is 18.4. The first-order valence-corrected chi connectivity index (χ1v) is 10.5. The molecule has 0 bridgehead atoms. The van der Waals surface area contributed by atoms with Crippen molar-refractivity contribution in [3.63, 3.8) is 0 Å². The average molecular weight is 395 g/mol. The van der Waals surface area contributed by atoms with Gasteiger partial charge in [0.25, 0.3) is 0 Å². The molecule has 0 aromatic heterocycles. The molecule has 2 amide bonds. The van der Waals surface area contributed by atoms with Gasteiger partial charge in [0, 0.05) is 12.6 Å². The van der Waals surface area contributed by atoms with E-state index in [4.69, 9.17) is 0 Å². The number of nitrogens with one attached hydrogen (secondary N) is 1. The molecular weight excluding hydrogens is 360 g/mol. The van der Waals surface area contributed by atoms with Crippen molar-refractivity contribution in [2.75, 3.05) is 0 Å². The second kappa shape index (κ2) is 10.8. The highest BCUT2D eigenvalue weighted by Gasteiger charge is 2.29. The second-order valence-corrected chi connectivity index (χ2v) is 7.91. The third kappa shape index (κ3) is 6.74. The van der Waals surface area contributed by atoms with Gasteiger partial charge in [-0.3, -0.25) is 9.59 Å². The minimum absolute atomic E-state index is 0.0272. The van der Waals surface area contributed by atoms with Crippen LogP contribution in [-0.4, -0.2) is 28.8 Å². The molecule has 4 heteroatoms. The van der Waals surface area contributed by atoms with E-state index in [1.807, 2.05) is 83.1 Å². The van der Waals surface area contributed by atoms with Crippen molar-refractivity contribution in [2.45, 2.75) is 72.5 Å². The van der Waals surface area contributed by atoms with E-state index in [0.29, 0.717) is 19.4 Å². The smallest absolute Gasteiger partial charge is 0.243 e. The number of carbonyl (C=O) groups excluding carboxylic acids is 2. The van der Waals surface area contributed by atoms with E-state index >= 15 is 0 Å². The van der Waals surface area contributed by atoms with Crippen LogP contribution in [-0.2, 0) is 22.6 Å². The van der Waals surface area contributed by atoms with E-state index in [2.05, 4.69) is 5.32 Å². The number of carbonyl (C=O) groups is 2. The minimum atomic E-state index is -0.483. The fourth-order valence-corrected chi connectivity index (χ4v) is 3.23. The lowest BCUT2D eigenvalue weighted by molar-refractivity contribution is -0.141. The molecule has 0 fully saturated rings. The van der Waals surface area contributed by atoms with Crippen molar-refractivity contribution in [2.24, 2.45) is 0 Å². The first-order chi connectivity index (χ1) is 13.8. The first-order valence-electron chi connectivity index (χ1n) is 10.5. The molecule has 0 spiro atoms. The Morgan fingerprint density at radius 3 is 1.86 bits per heavy atom. The highest BCUT2D eigenvalue weighted by Crippen LogP contribution is 2.16. The summed E-state index contributed by atoms with van der Waals surface area (Å²) in [5.74, 6) is -0.105. The zero-order chi connectivity index (χ0) is 21.4. The minimum Gasteiger partial charge on any atom is -0.352 e. The van der Waals surface area contributed by atoms with Gasteiger partial charge in [-0.1, -0.05) is 73.5 Å². The van der Waals surface area contributed by atoms with E-state index in [9.17, 15) is 9.59 Å². The number of benzene rings is 2. The maximum absolute atomic E-state index is 13.3. The van der Waals surface area contributed by atoms with Crippen molar-refractivity contribution in [1.82, 2.24) is 10.2 Å². The standard InChI is InChI=1S/C25H34N2O2/c1-6-20(5)26-25(29)23(7-2)27(17-22-14-10-19(4)11-15-22)24(28)16-21-12-8-18(3)9-13-21/h8-15,20,23H,6-7,16-17H2,1-5H3,(H,26,29). The van der Waals surface area contributed by atoms with Gasteiger partial charge in [0.2, 0.25) is 11.8 Å². The van der Waals surface area contributed by atoms with Crippen LogP contribution < -0.4 is 5.32 Å². The molecule has 0 saturated heterocycles. The van der Waals surface area contributed by atoms with Gasteiger partial charge in [0.1, 0.15) is 6.04 Å². The lowest BCUT2D eigenvalue weighted by Crippen LogP contribution is -2.51. The quantitative estimate of drug-likeness (QED) is 0.677. The van der Waals surface area contributed by atoms with E-state index in [0.717, 1.165) is 23.1 Å². The van der Waals surface area contributed by atoms with Crippen LogP contribution in [0.4, 0.5) is 0 Å². The average Bonchev–Trinajstić information content (AvgIpc) is 2.70. The second-order valence-electron chi connectivity index (χ2n) is 7.91. The molecule has 0 heterocycles. The van der Waals surface area contributed by atoms with Gasteiger partial charge in [-0.15, -0.1) is 0 Å². The van der Waals surface area contributed by atoms with Crippen molar-refractivity contribution >= 4 is 11.8 Å². The number of aryl methyl sites for hydroxylation is 2. The molecule has 29 heavy (non-hydrogen) atoms. The Morgan fingerprint density at radius 1 is 0.862 bits per heavy atom. The summed E-state index contributed by atoms with van der Waals surface area (Å²) in [7, 11) is 0. The van der Waals surface area contributed by atoms with E-state index in [-0.39, 0.29) is 17.9 Å². The maximum atomic E-state index is 13.3. The summed E-state index contributed by atoms with van der Waals surface area (Å²) in [5, 5.41) is 3.05. The Hall–Kier alpha value is -2.62. The fraction of sp³-hybridized carbons (Fsp3) is 0.440. The molecule has 2 rings (SSSR count). The molecule has 0 aliphatic heterocycles. The number of rotatable bonds is 9. The lowest BCUT2D eigenvalue weighted by Gasteiger charge is -2.31. The monoisotopic (exact) mass is 394 g/mol. The van der Waals surface area contributed by atoms with Crippen LogP contribution in [0.1, 0.15) is 55.9 Å². The maximum Gasteiger partial charge on any atom is 0.243 e. The fourth-order valence-electron chi connectivity index (χ4n) is 3.23. The van der Waals surface area contributed by atoms with E-state index in [1.54, 1.807) is 4.90 Å². The van der Waals surface area contributed by atoms with Gasteiger partial charge in [-0.25, -0.2) is 0 Å². The van der Waals surface area contributed by atoms with E-state index in [1.165, 1.54) is 5.56 Å². The molecule has 156 valence electrons. The third-order valence-corrected chi connectivity index (χ3v) is 5.34. The Labute approximate surface area is 175 Å².